The number of amides is 1. The number of alkyl halides is 6. The molecule has 12 heteroatoms. The number of halogens is 7. The minimum Gasteiger partial charge on any atom is -0.336 e. The quantitative estimate of drug-likeness (QED) is 0.466. The summed E-state index contributed by atoms with van der Waals surface area (Å²) < 4.78 is 94.6. The number of aromatic nitrogens is 1. The molecule has 0 spiro atoms. The summed E-state index contributed by atoms with van der Waals surface area (Å²) in [6.45, 7) is 0.148. The Bertz CT molecular complexity index is 1410. The molecule has 1 aliphatic rings. The van der Waals surface area contributed by atoms with Crippen LogP contribution in [0.3, 0.4) is 0 Å². The zero-order valence-corrected chi connectivity index (χ0v) is 20.2. The summed E-state index contributed by atoms with van der Waals surface area (Å²) in [4.78, 5) is 27.7. The zero-order chi connectivity index (χ0) is 28.0. The van der Waals surface area contributed by atoms with Crippen molar-refractivity contribution < 1.29 is 35.5 Å². The summed E-state index contributed by atoms with van der Waals surface area (Å²) in [7, 11) is 2.58. The predicted molar refractivity (Wildman–Crippen MR) is 125 cm³/mol. The van der Waals surface area contributed by atoms with Crippen LogP contribution in [0.1, 0.15) is 38.3 Å². The molecule has 3 aromatic rings. The Kier molecular flexibility index (Phi) is 7.13. The maximum Gasteiger partial charge on any atom is 0.416 e. The summed E-state index contributed by atoms with van der Waals surface area (Å²) in [6.07, 6.45) is -9.69. The van der Waals surface area contributed by atoms with Crippen LogP contribution in [-0.4, -0.2) is 29.0 Å². The van der Waals surface area contributed by atoms with E-state index >= 15 is 0 Å². The number of pyridine rings is 1. The second-order valence-electron chi connectivity index (χ2n) is 9.05. The Morgan fingerprint density at radius 1 is 0.974 bits per heavy atom. The normalized spacial score (nSPS) is 13.8. The summed E-state index contributed by atoms with van der Waals surface area (Å²) in [6, 6.07) is 6.38. The molecule has 5 nitrogen and oxygen atoms in total. The van der Waals surface area contributed by atoms with Gasteiger partial charge in [0.1, 0.15) is 11.5 Å². The minimum absolute atomic E-state index is 0.0131. The first-order chi connectivity index (χ1) is 17.7. The van der Waals surface area contributed by atoms with Crippen LogP contribution in [0.2, 0.25) is 0 Å². The topological polar surface area (TPSA) is 54.3 Å². The number of nitrogens with one attached hydrogen (secondary N) is 1. The fourth-order valence-electron chi connectivity index (χ4n) is 4.59. The van der Waals surface area contributed by atoms with Crippen LogP contribution in [-0.2, 0) is 38.9 Å². The van der Waals surface area contributed by atoms with Crippen molar-refractivity contribution in [3.05, 3.63) is 92.1 Å². The van der Waals surface area contributed by atoms with Gasteiger partial charge in [-0.3, -0.25) is 9.59 Å². The molecule has 0 fully saturated rings. The lowest BCUT2D eigenvalue weighted by atomic mass is 9.90. The number of nitrogens with zero attached hydrogens (tertiary/aromatic N) is 2. The van der Waals surface area contributed by atoms with E-state index in [0.29, 0.717) is 47.4 Å². The molecule has 0 saturated carbocycles. The molecule has 2 heterocycles. The number of fused-ring (bicyclic) bond motifs is 1. The second kappa shape index (κ2) is 9.90. The van der Waals surface area contributed by atoms with Crippen molar-refractivity contribution in [1.29, 1.82) is 0 Å². The van der Waals surface area contributed by atoms with Gasteiger partial charge >= 0.3 is 12.4 Å². The van der Waals surface area contributed by atoms with Crippen molar-refractivity contribution in [2.45, 2.75) is 31.9 Å². The molecule has 2 aromatic carbocycles. The number of benzene rings is 2. The fourth-order valence-corrected chi connectivity index (χ4v) is 4.59. The molecule has 0 radical (unpaired) electrons. The predicted octanol–water partition coefficient (Wildman–Crippen LogP) is 5.15. The van der Waals surface area contributed by atoms with E-state index in [0.717, 1.165) is 9.47 Å². The van der Waals surface area contributed by atoms with E-state index in [1.807, 2.05) is 0 Å². The highest BCUT2D eigenvalue weighted by atomic mass is 19.4. The number of carbonyl (C=O) groups excluding carboxylic acids is 1. The molecule has 0 atom stereocenters. The van der Waals surface area contributed by atoms with Crippen LogP contribution < -0.4 is 10.9 Å². The van der Waals surface area contributed by atoms with Crippen molar-refractivity contribution in [3.8, 4) is 11.1 Å². The Hall–Kier alpha value is -3.67. The summed E-state index contributed by atoms with van der Waals surface area (Å²) in [5, 5.41) is 3.08. The molecule has 1 aromatic heterocycles. The van der Waals surface area contributed by atoms with Crippen LogP contribution in [0, 0.1) is 5.82 Å². The van der Waals surface area contributed by atoms with Crippen LogP contribution in [0.5, 0.6) is 0 Å². The van der Waals surface area contributed by atoms with Gasteiger partial charge in [-0.05, 0) is 60.0 Å². The Balaban J connectivity index is 1.83. The molecule has 202 valence electrons. The first-order valence-electron chi connectivity index (χ1n) is 11.4. The maximum atomic E-state index is 13.7. The lowest BCUT2D eigenvalue weighted by Gasteiger charge is -2.27. The summed E-state index contributed by atoms with van der Waals surface area (Å²) in [5.41, 5.74) is -2.15. The van der Waals surface area contributed by atoms with Crippen LogP contribution in [0.15, 0.2) is 47.3 Å². The Morgan fingerprint density at radius 2 is 1.55 bits per heavy atom. The van der Waals surface area contributed by atoms with E-state index in [4.69, 9.17) is 0 Å². The van der Waals surface area contributed by atoms with E-state index < -0.39 is 52.9 Å². The molecule has 0 unspecified atom stereocenters. The smallest absolute Gasteiger partial charge is 0.336 e. The third-order valence-corrected chi connectivity index (χ3v) is 6.40. The van der Waals surface area contributed by atoms with Gasteiger partial charge in [-0.15, -0.1) is 0 Å². The number of hydrogen-bond donors (Lipinski definition) is 1. The van der Waals surface area contributed by atoms with Gasteiger partial charge in [0, 0.05) is 38.3 Å². The zero-order valence-electron chi connectivity index (χ0n) is 20.2. The van der Waals surface area contributed by atoms with Gasteiger partial charge in [-0.25, -0.2) is 4.39 Å². The molecule has 1 N–H and O–H groups in total. The Labute approximate surface area is 212 Å². The number of carbonyl (C=O) groups is 1. The van der Waals surface area contributed by atoms with Gasteiger partial charge in [0.25, 0.3) is 11.5 Å². The van der Waals surface area contributed by atoms with Gasteiger partial charge in [-0.2, -0.15) is 26.3 Å². The van der Waals surface area contributed by atoms with Crippen molar-refractivity contribution in [1.82, 2.24) is 14.8 Å². The molecule has 38 heavy (non-hydrogen) atoms. The van der Waals surface area contributed by atoms with Crippen LogP contribution in [0.4, 0.5) is 30.7 Å². The number of rotatable bonds is 4. The SMILES string of the molecule is CN(Cc1cc(C(F)(F)F)cc(C(F)(F)F)c1)C(=O)c1c(-c2ccc(F)cc2)c2c(c(=O)n1C)CNCC2. The molecule has 0 bridgehead atoms. The molecule has 1 amide bonds. The highest BCUT2D eigenvalue weighted by Crippen LogP contribution is 2.37. The van der Waals surface area contributed by atoms with Gasteiger partial charge in [0.2, 0.25) is 0 Å². The van der Waals surface area contributed by atoms with Crippen molar-refractivity contribution in [3.63, 3.8) is 0 Å². The van der Waals surface area contributed by atoms with E-state index in [2.05, 4.69) is 5.32 Å². The minimum atomic E-state index is -5.04. The first kappa shape index (κ1) is 27.4. The monoisotopic (exact) mass is 541 g/mol. The lowest BCUT2D eigenvalue weighted by Crippen LogP contribution is -2.39. The van der Waals surface area contributed by atoms with Gasteiger partial charge in [0.15, 0.2) is 0 Å². The lowest BCUT2D eigenvalue weighted by molar-refractivity contribution is -0.143. The molecular formula is C26H22F7N3O2. The van der Waals surface area contributed by atoms with E-state index in [-0.39, 0.29) is 18.3 Å². The van der Waals surface area contributed by atoms with E-state index in [1.165, 1.54) is 38.4 Å². The van der Waals surface area contributed by atoms with Crippen LogP contribution >= 0.6 is 0 Å². The van der Waals surface area contributed by atoms with E-state index in [9.17, 15) is 40.3 Å². The first-order valence-corrected chi connectivity index (χ1v) is 11.4. The standard InChI is InChI=1S/C26H22F7N3O2/c1-35(13-14-9-16(25(28,29)30)11-17(10-14)26(31,32)33)24(38)22-21(15-3-5-18(27)6-4-15)19-7-8-34-12-20(19)23(37)36(22)2/h3-6,9-11,34H,7-8,12-13H2,1-2H3. The Morgan fingerprint density at radius 3 is 2.11 bits per heavy atom. The number of hydrogen-bond acceptors (Lipinski definition) is 3. The van der Waals surface area contributed by atoms with Crippen LogP contribution in [0.25, 0.3) is 11.1 Å². The molecule has 1 aliphatic heterocycles. The largest absolute Gasteiger partial charge is 0.416 e. The summed E-state index contributed by atoms with van der Waals surface area (Å²) in [5.74, 6) is -1.32. The van der Waals surface area contributed by atoms with Gasteiger partial charge < -0.3 is 14.8 Å². The third kappa shape index (κ3) is 5.31. The molecule has 0 aliphatic carbocycles. The van der Waals surface area contributed by atoms with Gasteiger partial charge in [-0.1, -0.05) is 12.1 Å². The molecule has 0 saturated heterocycles. The van der Waals surface area contributed by atoms with E-state index in [1.54, 1.807) is 0 Å². The van der Waals surface area contributed by atoms with Crippen molar-refractivity contribution >= 4 is 5.91 Å². The maximum absolute atomic E-state index is 13.7. The van der Waals surface area contributed by atoms with Crippen molar-refractivity contribution in [2.75, 3.05) is 13.6 Å². The fraction of sp³-hybridized carbons (Fsp3) is 0.308. The average molecular weight is 541 g/mol. The molecular weight excluding hydrogens is 519 g/mol. The average Bonchev–Trinajstić information content (AvgIpc) is 2.85. The molecule has 4 rings (SSSR count). The van der Waals surface area contributed by atoms with Gasteiger partial charge in [0.05, 0.1) is 11.1 Å². The van der Waals surface area contributed by atoms with Crippen molar-refractivity contribution in [2.24, 2.45) is 7.05 Å². The third-order valence-electron chi connectivity index (χ3n) is 6.40. The highest BCUT2D eigenvalue weighted by molar-refractivity contribution is 6.00. The second-order valence-corrected chi connectivity index (χ2v) is 9.05. The highest BCUT2D eigenvalue weighted by Gasteiger charge is 2.37. The summed E-state index contributed by atoms with van der Waals surface area (Å²) >= 11 is 0.